The van der Waals surface area contributed by atoms with Gasteiger partial charge >= 0.3 is 5.97 Å². The lowest BCUT2D eigenvalue weighted by Crippen LogP contribution is -2.42. The van der Waals surface area contributed by atoms with Crippen LogP contribution in [0.3, 0.4) is 0 Å². The van der Waals surface area contributed by atoms with Gasteiger partial charge in [-0.15, -0.1) is 0 Å². The van der Waals surface area contributed by atoms with Crippen molar-refractivity contribution in [3.8, 4) is 0 Å². The highest BCUT2D eigenvalue weighted by Gasteiger charge is 2.49. The molecule has 2 aromatic carbocycles. The second kappa shape index (κ2) is 17.1. The fourth-order valence-electron chi connectivity index (χ4n) is 6.66. The van der Waals surface area contributed by atoms with Gasteiger partial charge in [0.2, 0.25) is 5.91 Å². The zero-order valence-corrected chi connectivity index (χ0v) is 28.5. The van der Waals surface area contributed by atoms with Crippen molar-refractivity contribution in [2.45, 2.75) is 121 Å². The molecular weight excluding hydrogens is 588 g/mol. The number of fused-ring (bicyclic) bond motifs is 1. The number of carbonyl (C=O) groups is 2. The predicted molar refractivity (Wildman–Crippen MR) is 182 cm³/mol. The molecule has 45 heavy (non-hydrogen) atoms. The number of nitrogens with zero attached hydrogens (tertiary/aromatic N) is 1. The van der Waals surface area contributed by atoms with Crippen molar-refractivity contribution >= 4 is 33.1 Å². The van der Waals surface area contributed by atoms with Gasteiger partial charge in [0.15, 0.2) is 9.84 Å². The molecule has 0 aromatic heterocycles. The smallest absolute Gasteiger partial charge is 0.303 e. The number of hydrogen-bond donors (Lipinski definition) is 3. The number of carboxylic acids is 1. The van der Waals surface area contributed by atoms with E-state index in [1.54, 1.807) is 6.07 Å². The second-order valence-electron chi connectivity index (χ2n) is 13.0. The Morgan fingerprint density at radius 1 is 0.911 bits per heavy atom. The van der Waals surface area contributed by atoms with Crippen molar-refractivity contribution in [2.75, 3.05) is 30.1 Å². The van der Waals surface area contributed by atoms with Crippen LogP contribution in [-0.2, 0) is 19.4 Å². The molecule has 0 radical (unpaired) electrons. The van der Waals surface area contributed by atoms with E-state index in [0.29, 0.717) is 30.5 Å². The highest BCUT2D eigenvalue weighted by molar-refractivity contribution is 7.91. The topological polar surface area (TPSA) is 124 Å². The van der Waals surface area contributed by atoms with E-state index in [0.717, 1.165) is 75.5 Å². The van der Waals surface area contributed by atoms with E-state index in [-0.39, 0.29) is 23.0 Å². The van der Waals surface area contributed by atoms with E-state index in [1.165, 1.54) is 0 Å². The number of rotatable bonds is 18. The van der Waals surface area contributed by atoms with Crippen LogP contribution in [0.1, 0.15) is 121 Å². The highest BCUT2D eigenvalue weighted by atomic mass is 32.2. The van der Waals surface area contributed by atoms with E-state index in [9.17, 15) is 23.1 Å². The van der Waals surface area contributed by atoms with E-state index in [1.807, 2.05) is 62.3 Å². The molecule has 3 N–H and O–H groups in total. The van der Waals surface area contributed by atoms with Crippen molar-refractivity contribution in [1.82, 2.24) is 0 Å². The highest BCUT2D eigenvalue weighted by Crippen LogP contribution is 2.49. The van der Waals surface area contributed by atoms with Crippen LogP contribution in [0.15, 0.2) is 47.4 Å². The van der Waals surface area contributed by atoms with Crippen molar-refractivity contribution in [1.29, 1.82) is 0 Å². The Balaban J connectivity index is 1.76. The standard InChI is InChI=1S/C36H54N2O6S/c1-5-7-23-36(6-2)26-45(43,44)31-22-21-29(38(3)4)25-30(31)34(35(36)42)27-17-16-18-28(24-27)37-32(39)19-14-12-10-8-9-11-13-15-20-33(40)41/h16-18,21-22,24-25,34-35,42H,5-15,19-20,23,26H2,1-4H3,(H,37,39)(H,40,41). The van der Waals surface area contributed by atoms with Crippen LogP contribution in [0.25, 0.3) is 0 Å². The first-order valence-electron chi connectivity index (χ1n) is 16.8. The largest absolute Gasteiger partial charge is 0.481 e. The SMILES string of the molecule is CCCCC1(CC)CS(=O)(=O)c2ccc(N(C)C)cc2C(c2cccc(NC(=O)CCCCCCCCCCC(=O)O)c2)C1O. The average Bonchev–Trinajstić information content (AvgIpc) is 3.06. The minimum Gasteiger partial charge on any atom is -0.481 e. The number of aliphatic carboxylic acids is 1. The van der Waals surface area contributed by atoms with Gasteiger partial charge < -0.3 is 20.4 Å². The molecular formula is C36H54N2O6S. The molecule has 0 spiro atoms. The summed E-state index contributed by atoms with van der Waals surface area (Å²) in [5.41, 5.74) is 2.09. The molecule has 1 amide bonds. The molecule has 1 aliphatic rings. The molecule has 250 valence electrons. The third-order valence-corrected chi connectivity index (χ3v) is 11.4. The number of benzene rings is 2. The molecule has 0 fully saturated rings. The number of carboxylic acid groups (broad SMARTS) is 1. The number of nitrogens with one attached hydrogen (secondary N) is 1. The normalized spacial score (nSPS) is 20.6. The fourth-order valence-corrected chi connectivity index (χ4v) is 8.91. The molecule has 3 rings (SSSR count). The van der Waals surface area contributed by atoms with Crippen LogP contribution in [0, 0.1) is 5.41 Å². The number of aliphatic hydroxyl groups is 1. The lowest BCUT2D eigenvalue weighted by molar-refractivity contribution is -0.137. The zero-order valence-electron chi connectivity index (χ0n) is 27.7. The van der Waals surface area contributed by atoms with E-state index >= 15 is 0 Å². The number of sulfone groups is 1. The monoisotopic (exact) mass is 642 g/mol. The number of hydrogen-bond acceptors (Lipinski definition) is 6. The Hall–Kier alpha value is -2.91. The summed E-state index contributed by atoms with van der Waals surface area (Å²) < 4.78 is 27.8. The third kappa shape index (κ3) is 10.0. The van der Waals surface area contributed by atoms with Crippen LogP contribution < -0.4 is 10.2 Å². The Morgan fingerprint density at radius 3 is 2.16 bits per heavy atom. The lowest BCUT2D eigenvalue weighted by Gasteiger charge is -2.39. The number of anilines is 2. The Bertz CT molecular complexity index is 1380. The average molecular weight is 643 g/mol. The first-order chi connectivity index (χ1) is 21.4. The van der Waals surface area contributed by atoms with Crippen molar-refractivity contribution in [2.24, 2.45) is 5.41 Å². The maximum absolute atomic E-state index is 13.9. The molecule has 2 aromatic rings. The van der Waals surface area contributed by atoms with Gasteiger partial charge in [0.1, 0.15) is 0 Å². The summed E-state index contributed by atoms with van der Waals surface area (Å²) in [6, 6.07) is 12.9. The molecule has 3 atom stereocenters. The maximum atomic E-state index is 13.9. The van der Waals surface area contributed by atoms with Crippen LogP contribution in [0.2, 0.25) is 0 Å². The van der Waals surface area contributed by atoms with Gasteiger partial charge in [-0.1, -0.05) is 77.3 Å². The van der Waals surface area contributed by atoms with Gasteiger partial charge in [-0.3, -0.25) is 9.59 Å². The summed E-state index contributed by atoms with van der Waals surface area (Å²) in [5, 5.41) is 23.9. The molecule has 0 bridgehead atoms. The van der Waals surface area contributed by atoms with E-state index in [4.69, 9.17) is 5.11 Å². The number of unbranched alkanes of at least 4 members (excludes halogenated alkanes) is 8. The van der Waals surface area contributed by atoms with Gasteiger partial charge in [0.05, 0.1) is 16.8 Å². The molecule has 0 saturated carbocycles. The van der Waals surface area contributed by atoms with Gasteiger partial charge in [0, 0.05) is 49.6 Å². The molecule has 3 unspecified atom stereocenters. The van der Waals surface area contributed by atoms with E-state index < -0.39 is 33.2 Å². The number of carbonyl (C=O) groups excluding carboxylic acids is 1. The second-order valence-corrected chi connectivity index (χ2v) is 15.0. The van der Waals surface area contributed by atoms with E-state index in [2.05, 4.69) is 12.2 Å². The molecule has 1 aliphatic heterocycles. The molecule has 1 heterocycles. The first kappa shape index (κ1) is 36.6. The van der Waals surface area contributed by atoms with Gasteiger partial charge in [-0.2, -0.15) is 0 Å². The van der Waals surface area contributed by atoms with Gasteiger partial charge in [-0.05, 0) is 67.1 Å². The lowest BCUT2D eigenvalue weighted by atomic mass is 9.69. The summed E-state index contributed by atoms with van der Waals surface area (Å²) in [4.78, 5) is 25.7. The Kier molecular flexibility index (Phi) is 13.9. The van der Waals surface area contributed by atoms with Gasteiger partial charge in [0.25, 0.3) is 0 Å². The van der Waals surface area contributed by atoms with Gasteiger partial charge in [-0.25, -0.2) is 8.42 Å². The Labute approximate surface area is 270 Å². The molecule has 0 saturated heterocycles. The molecule has 0 aliphatic carbocycles. The van der Waals surface area contributed by atoms with Crippen LogP contribution in [0.5, 0.6) is 0 Å². The summed E-state index contributed by atoms with van der Waals surface area (Å²) in [6.07, 6.45) is 10.3. The number of amides is 1. The number of aliphatic hydroxyl groups excluding tert-OH is 1. The van der Waals surface area contributed by atoms with Crippen LogP contribution >= 0.6 is 0 Å². The summed E-state index contributed by atoms with van der Waals surface area (Å²) in [5.74, 6) is -1.47. The quantitative estimate of drug-likeness (QED) is 0.144. The summed E-state index contributed by atoms with van der Waals surface area (Å²) in [7, 11) is 0.158. The minimum atomic E-state index is -3.67. The van der Waals surface area contributed by atoms with Crippen LogP contribution in [0.4, 0.5) is 11.4 Å². The zero-order chi connectivity index (χ0) is 33.0. The third-order valence-electron chi connectivity index (χ3n) is 9.41. The first-order valence-corrected chi connectivity index (χ1v) is 18.4. The molecule has 8 nitrogen and oxygen atoms in total. The van der Waals surface area contributed by atoms with Crippen molar-refractivity contribution in [3.05, 3.63) is 53.6 Å². The predicted octanol–water partition coefficient (Wildman–Crippen LogP) is 7.54. The summed E-state index contributed by atoms with van der Waals surface area (Å²) in [6.45, 7) is 4.06. The Morgan fingerprint density at radius 2 is 1.56 bits per heavy atom. The van der Waals surface area contributed by atoms with Crippen LogP contribution in [-0.4, -0.2) is 56.5 Å². The summed E-state index contributed by atoms with van der Waals surface area (Å²) >= 11 is 0. The van der Waals surface area contributed by atoms with Crippen molar-refractivity contribution in [3.63, 3.8) is 0 Å². The minimum absolute atomic E-state index is 0.0639. The maximum Gasteiger partial charge on any atom is 0.303 e. The molecule has 9 heteroatoms. The van der Waals surface area contributed by atoms with Crippen molar-refractivity contribution < 1.29 is 28.2 Å². The fraction of sp³-hybridized carbons (Fsp3) is 0.611.